The maximum atomic E-state index is 13.0. The van der Waals surface area contributed by atoms with E-state index in [9.17, 15) is 14.0 Å². The van der Waals surface area contributed by atoms with Gasteiger partial charge in [-0.3, -0.25) is 9.59 Å². The predicted octanol–water partition coefficient (Wildman–Crippen LogP) is 1.58. The first kappa shape index (κ1) is 19.2. The lowest BCUT2D eigenvalue weighted by molar-refractivity contribution is -0.121. The Morgan fingerprint density at radius 1 is 1.14 bits per heavy atom. The molecule has 0 aliphatic carbocycles. The summed E-state index contributed by atoms with van der Waals surface area (Å²) in [6, 6.07) is 12.8. The van der Waals surface area contributed by atoms with Gasteiger partial charge in [0.15, 0.2) is 0 Å². The van der Waals surface area contributed by atoms with Crippen LogP contribution in [0.2, 0.25) is 0 Å². The van der Waals surface area contributed by atoms with Crippen LogP contribution in [0.4, 0.5) is 4.39 Å². The molecule has 8 nitrogen and oxygen atoms in total. The van der Waals surface area contributed by atoms with E-state index in [1.807, 2.05) is 0 Å². The van der Waals surface area contributed by atoms with Crippen LogP contribution >= 0.6 is 0 Å². The number of nitrogens with one attached hydrogen (secondary N) is 1. The van der Waals surface area contributed by atoms with Crippen LogP contribution in [0.15, 0.2) is 54.9 Å². The molecule has 1 heterocycles. The minimum atomic E-state index is -0.334. The molecular weight excluding hydrogens is 363 g/mol. The van der Waals surface area contributed by atoms with Gasteiger partial charge in [0.1, 0.15) is 12.1 Å². The zero-order valence-corrected chi connectivity index (χ0v) is 15.2. The second kappa shape index (κ2) is 8.85. The molecule has 1 aromatic heterocycles. The summed E-state index contributed by atoms with van der Waals surface area (Å²) in [5, 5.41) is 13.7. The van der Waals surface area contributed by atoms with Crippen LogP contribution < -0.4 is 5.32 Å². The van der Waals surface area contributed by atoms with Gasteiger partial charge in [-0.25, -0.2) is 4.39 Å². The zero-order valence-electron chi connectivity index (χ0n) is 15.2. The number of hydrogen-bond acceptors (Lipinski definition) is 5. The molecule has 2 amide bonds. The molecule has 0 saturated heterocycles. The van der Waals surface area contributed by atoms with E-state index in [0.29, 0.717) is 17.8 Å². The van der Waals surface area contributed by atoms with Gasteiger partial charge < -0.3 is 10.2 Å². The van der Waals surface area contributed by atoms with Crippen molar-refractivity contribution in [3.05, 3.63) is 71.8 Å². The summed E-state index contributed by atoms with van der Waals surface area (Å²) >= 11 is 0. The van der Waals surface area contributed by atoms with E-state index < -0.39 is 0 Å². The van der Waals surface area contributed by atoms with Crippen LogP contribution in [-0.2, 0) is 11.3 Å². The first-order chi connectivity index (χ1) is 13.6. The molecule has 0 aliphatic heterocycles. The topological polar surface area (TPSA) is 93.0 Å². The van der Waals surface area contributed by atoms with Gasteiger partial charge in [0, 0.05) is 13.1 Å². The predicted molar refractivity (Wildman–Crippen MR) is 99.0 cm³/mol. The number of para-hydroxylation sites is 1. The lowest BCUT2D eigenvalue weighted by atomic mass is 10.1. The smallest absolute Gasteiger partial charge is 0.256 e. The number of tetrazole rings is 1. The van der Waals surface area contributed by atoms with Crippen LogP contribution in [0.5, 0.6) is 0 Å². The summed E-state index contributed by atoms with van der Waals surface area (Å²) in [4.78, 5) is 26.7. The fourth-order valence-electron chi connectivity index (χ4n) is 2.66. The fourth-order valence-corrected chi connectivity index (χ4v) is 2.66. The van der Waals surface area contributed by atoms with Crippen molar-refractivity contribution >= 4 is 11.8 Å². The summed E-state index contributed by atoms with van der Waals surface area (Å²) in [6.07, 6.45) is 1.40. The van der Waals surface area contributed by atoms with Gasteiger partial charge in [0.05, 0.1) is 17.8 Å². The average Bonchev–Trinajstić information content (AvgIpc) is 3.26. The normalized spacial score (nSPS) is 10.5. The zero-order chi connectivity index (χ0) is 19.9. The third-order valence-corrected chi connectivity index (χ3v) is 4.14. The summed E-state index contributed by atoms with van der Waals surface area (Å²) in [7, 11) is 0. The first-order valence-electron chi connectivity index (χ1n) is 8.71. The van der Waals surface area contributed by atoms with Crippen molar-refractivity contribution in [2.45, 2.75) is 13.5 Å². The summed E-state index contributed by atoms with van der Waals surface area (Å²) in [6.45, 7) is 2.31. The summed E-state index contributed by atoms with van der Waals surface area (Å²) < 4.78 is 14.3. The number of amides is 2. The highest BCUT2D eigenvalue weighted by molar-refractivity contribution is 5.99. The van der Waals surface area contributed by atoms with Crippen molar-refractivity contribution in [3.63, 3.8) is 0 Å². The maximum Gasteiger partial charge on any atom is 0.256 e. The summed E-state index contributed by atoms with van der Waals surface area (Å²) in [5.74, 6) is -0.941. The molecule has 0 unspecified atom stereocenters. The van der Waals surface area contributed by atoms with E-state index >= 15 is 0 Å². The number of benzene rings is 2. The van der Waals surface area contributed by atoms with Crippen LogP contribution in [0.1, 0.15) is 22.8 Å². The first-order valence-corrected chi connectivity index (χ1v) is 8.71. The van der Waals surface area contributed by atoms with E-state index in [4.69, 9.17) is 0 Å². The van der Waals surface area contributed by atoms with Crippen LogP contribution in [0, 0.1) is 5.82 Å². The third kappa shape index (κ3) is 4.56. The number of carbonyl (C=O) groups is 2. The Morgan fingerprint density at radius 3 is 2.57 bits per heavy atom. The van der Waals surface area contributed by atoms with Gasteiger partial charge in [-0.1, -0.05) is 24.3 Å². The number of likely N-dealkylation sites (N-methyl/N-ethyl adjacent to an activating group) is 1. The van der Waals surface area contributed by atoms with Gasteiger partial charge in [-0.05, 0) is 47.2 Å². The Bertz CT molecular complexity index is 943. The molecule has 0 bridgehead atoms. The molecule has 28 heavy (non-hydrogen) atoms. The molecular formula is C19H19FN6O2. The van der Waals surface area contributed by atoms with Crippen molar-refractivity contribution in [3.8, 4) is 5.69 Å². The second-order valence-corrected chi connectivity index (χ2v) is 5.99. The lowest BCUT2D eigenvalue weighted by Crippen LogP contribution is -2.40. The number of nitrogens with zero attached hydrogens (tertiary/aromatic N) is 5. The number of halogens is 1. The maximum absolute atomic E-state index is 13.0. The van der Waals surface area contributed by atoms with Crippen molar-refractivity contribution in [1.82, 2.24) is 30.4 Å². The molecule has 0 spiro atoms. The lowest BCUT2D eigenvalue weighted by Gasteiger charge is -2.21. The SMILES string of the molecule is CCN(CC(=O)NCc1ccc(F)cc1)C(=O)c1ccccc1-n1cnnn1. The molecule has 9 heteroatoms. The molecule has 144 valence electrons. The van der Waals surface area contributed by atoms with Gasteiger partial charge in [-0.15, -0.1) is 5.10 Å². The largest absolute Gasteiger partial charge is 0.350 e. The molecule has 2 aromatic carbocycles. The van der Waals surface area contributed by atoms with Crippen LogP contribution in [-0.4, -0.2) is 50.0 Å². The number of hydrogen-bond donors (Lipinski definition) is 1. The van der Waals surface area contributed by atoms with E-state index in [2.05, 4.69) is 20.8 Å². The Kier molecular flexibility index (Phi) is 6.05. The molecule has 3 aromatic rings. The minimum Gasteiger partial charge on any atom is -0.350 e. The Hall–Kier alpha value is -3.62. The molecule has 0 aliphatic rings. The van der Waals surface area contributed by atoms with E-state index in [1.54, 1.807) is 43.3 Å². The molecule has 3 rings (SSSR count). The monoisotopic (exact) mass is 382 g/mol. The fraction of sp³-hybridized carbons (Fsp3) is 0.211. The molecule has 0 atom stereocenters. The van der Waals surface area contributed by atoms with E-state index in [0.717, 1.165) is 5.56 Å². The Morgan fingerprint density at radius 2 is 1.89 bits per heavy atom. The molecule has 0 radical (unpaired) electrons. The van der Waals surface area contributed by atoms with Crippen molar-refractivity contribution in [2.24, 2.45) is 0 Å². The highest BCUT2D eigenvalue weighted by Gasteiger charge is 2.21. The van der Waals surface area contributed by atoms with Crippen molar-refractivity contribution in [1.29, 1.82) is 0 Å². The van der Waals surface area contributed by atoms with Gasteiger partial charge in [-0.2, -0.15) is 4.68 Å². The van der Waals surface area contributed by atoms with Gasteiger partial charge >= 0.3 is 0 Å². The highest BCUT2D eigenvalue weighted by Crippen LogP contribution is 2.15. The Balaban J connectivity index is 1.67. The van der Waals surface area contributed by atoms with Crippen LogP contribution in [0.3, 0.4) is 0 Å². The highest BCUT2D eigenvalue weighted by atomic mass is 19.1. The molecule has 1 N–H and O–H groups in total. The van der Waals surface area contributed by atoms with E-state index in [1.165, 1.54) is 28.0 Å². The summed E-state index contributed by atoms with van der Waals surface area (Å²) in [5.41, 5.74) is 1.69. The van der Waals surface area contributed by atoms with Crippen molar-refractivity contribution < 1.29 is 14.0 Å². The Labute approximate surface area is 161 Å². The van der Waals surface area contributed by atoms with Gasteiger partial charge in [0.25, 0.3) is 5.91 Å². The van der Waals surface area contributed by atoms with E-state index in [-0.39, 0.29) is 30.7 Å². The second-order valence-electron chi connectivity index (χ2n) is 5.99. The van der Waals surface area contributed by atoms with Crippen molar-refractivity contribution in [2.75, 3.05) is 13.1 Å². The van der Waals surface area contributed by atoms with Gasteiger partial charge in [0.2, 0.25) is 5.91 Å². The third-order valence-electron chi connectivity index (χ3n) is 4.14. The number of carbonyl (C=O) groups excluding carboxylic acids is 2. The van der Waals surface area contributed by atoms with Crippen LogP contribution in [0.25, 0.3) is 5.69 Å². The molecule has 0 saturated carbocycles. The quantitative estimate of drug-likeness (QED) is 0.670. The molecule has 0 fully saturated rings. The standard InChI is InChI=1S/C19H19FN6O2/c1-2-25(12-18(27)21-11-14-7-9-15(20)10-8-14)19(28)16-5-3-4-6-17(16)26-13-22-23-24-26/h3-10,13H,2,11-12H2,1H3,(H,21,27). The number of aromatic nitrogens is 4. The average molecular weight is 382 g/mol. The number of rotatable bonds is 7. The minimum absolute atomic E-state index is 0.0968.